The molecule has 3 nitrogen and oxygen atoms in total. The van der Waals surface area contributed by atoms with Gasteiger partial charge in [-0.2, -0.15) is 0 Å². The molecule has 0 amide bonds. The number of hydrogen-bond donors (Lipinski definition) is 0. The zero-order valence-corrected chi connectivity index (χ0v) is 23.1. The average Bonchev–Trinajstić information content (AvgIpc) is 2.87. The highest BCUT2D eigenvalue weighted by molar-refractivity contribution is 7.99. The third kappa shape index (κ3) is 5.45. The summed E-state index contributed by atoms with van der Waals surface area (Å²) in [5.74, 6) is 3.27. The van der Waals surface area contributed by atoms with Crippen molar-refractivity contribution < 1.29 is 14.3 Å². The largest absolute Gasteiger partial charge is 0.481 e. The maximum atomic E-state index is 13.0. The molecule has 4 aliphatic carbocycles. The lowest BCUT2D eigenvalue weighted by Crippen LogP contribution is -2.58. The van der Waals surface area contributed by atoms with Crippen LogP contribution in [0.4, 0.5) is 0 Å². The monoisotopic (exact) mass is 515 g/mol. The molecule has 1 unspecified atom stereocenters. The minimum Gasteiger partial charge on any atom is -0.481 e. The van der Waals surface area contributed by atoms with Crippen molar-refractivity contribution in [3.8, 4) is 5.75 Å². The van der Waals surface area contributed by atoms with Crippen molar-refractivity contribution in [2.75, 3.05) is 6.61 Å². The molecular weight excluding hydrogens is 476 g/mol. The Morgan fingerprint density at radius 2 is 1.57 bits per heavy atom. The Kier molecular flexibility index (Phi) is 7.67. The summed E-state index contributed by atoms with van der Waals surface area (Å²) < 4.78 is 12.3. The molecule has 4 heteroatoms. The van der Waals surface area contributed by atoms with Crippen LogP contribution in [-0.4, -0.2) is 18.2 Å². The summed E-state index contributed by atoms with van der Waals surface area (Å²) in [5, 5.41) is 2.23. The number of allylic oxidation sites excluding steroid dienone is 4. The van der Waals surface area contributed by atoms with Gasteiger partial charge in [0, 0.05) is 12.1 Å². The molecule has 0 heterocycles. The van der Waals surface area contributed by atoms with E-state index in [4.69, 9.17) is 9.47 Å². The van der Waals surface area contributed by atoms with Gasteiger partial charge in [0.25, 0.3) is 0 Å². The second kappa shape index (κ2) is 10.9. The van der Waals surface area contributed by atoms with Crippen LogP contribution in [0.5, 0.6) is 5.75 Å². The molecule has 0 aromatic heterocycles. The van der Waals surface area contributed by atoms with Crippen LogP contribution in [-0.2, 0) is 20.4 Å². The summed E-state index contributed by atoms with van der Waals surface area (Å²) in [5.41, 5.74) is 1.75. The fraction of sp³-hybridized carbons (Fsp3) is 0.424. The minimum atomic E-state index is -0.321. The van der Waals surface area contributed by atoms with Crippen LogP contribution in [0.3, 0.4) is 0 Å². The molecule has 4 saturated carbocycles. The highest BCUT2D eigenvalue weighted by Gasteiger charge is 2.57. The predicted octanol–water partition coefficient (Wildman–Crippen LogP) is 7.73. The van der Waals surface area contributed by atoms with Gasteiger partial charge >= 0.3 is 5.97 Å². The van der Waals surface area contributed by atoms with Crippen molar-refractivity contribution in [3.63, 3.8) is 0 Å². The average molecular weight is 516 g/mol. The van der Waals surface area contributed by atoms with E-state index >= 15 is 0 Å². The van der Waals surface area contributed by atoms with E-state index < -0.39 is 0 Å². The van der Waals surface area contributed by atoms with Crippen molar-refractivity contribution >= 4 is 16.9 Å². The molecule has 0 N–H and O–H groups in total. The topological polar surface area (TPSA) is 35.5 Å². The molecule has 4 bridgehead atoms. The highest BCUT2D eigenvalue weighted by atomic mass is 32.2. The smallest absolute Gasteiger partial charge is 0.344 e. The zero-order valence-electron chi connectivity index (χ0n) is 22.3. The fourth-order valence-corrected chi connectivity index (χ4v) is 8.98. The molecule has 0 aliphatic heterocycles. The lowest BCUT2D eigenvalue weighted by molar-refractivity contribution is -0.204. The van der Waals surface area contributed by atoms with E-state index in [0.29, 0.717) is 11.8 Å². The Bertz CT molecular complexity index is 1140. The molecule has 4 aliphatic rings. The Labute approximate surface area is 225 Å². The molecule has 1 atom stereocenters. The first-order chi connectivity index (χ1) is 17.9. The lowest BCUT2D eigenvalue weighted by atomic mass is 9.50. The Balaban J connectivity index is 1.29. The van der Waals surface area contributed by atoms with Crippen molar-refractivity contribution in [1.82, 2.24) is 0 Å². The third-order valence-electron chi connectivity index (χ3n) is 8.69. The van der Waals surface area contributed by atoms with E-state index in [2.05, 4.69) is 75.2 Å². The summed E-state index contributed by atoms with van der Waals surface area (Å²) in [7, 11) is -0.222. The van der Waals surface area contributed by atoms with E-state index in [1.54, 1.807) is 6.08 Å². The first-order valence-corrected chi connectivity index (χ1v) is 14.9. The van der Waals surface area contributed by atoms with E-state index in [0.717, 1.165) is 28.7 Å². The molecule has 4 fully saturated rings. The molecule has 2 aromatic carbocycles. The van der Waals surface area contributed by atoms with Crippen LogP contribution in [0.15, 0.2) is 88.5 Å². The number of aryl methyl sites for hydroxylation is 2. The number of hydrogen-bond acceptors (Lipinski definition) is 3. The van der Waals surface area contributed by atoms with Crippen molar-refractivity contribution in [2.24, 2.45) is 23.7 Å². The van der Waals surface area contributed by atoms with Gasteiger partial charge < -0.3 is 9.47 Å². The number of carbonyl (C=O) groups is 1. The summed E-state index contributed by atoms with van der Waals surface area (Å²) in [6, 6.07) is 14.9. The van der Waals surface area contributed by atoms with Gasteiger partial charge in [-0.25, -0.2) is 4.79 Å². The van der Waals surface area contributed by atoms with Crippen LogP contribution in [0.1, 0.15) is 50.2 Å². The Morgan fingerprint density at radius 3 is 2.16 bits per heavy atom. The van der Waals surface area contributed by atoms with E-state index in [1.165, 1.54) is 41.9 Å². The quantitative estimate of drug-likeness (QED) is 0.195. The van der Waals surface area contributed by atoms with Gasteiger partial charge in [-0.3, -0.25) is 0 Å². The lowest BCUT2D eigenvalue weighted by Gasteiger charge is -2.59. The Morgan fingerprint density at radius 1 is 0.946 bits per heavy atom. The fourth-order valence-electron chi connectivity index (χ4n) is 7.08. The minimum absolute atomic E-state index is 0.0421. The van der Waals surface area contributed by atoms with Gasteiger partial charge in [0.05, 0.1) is 10.9 Å². The number of carbonyl (C=O) groups excluding carboxylic acids is 1. The zero-order chi connectivity index (χ0) is 26.0. The molecule has 0 spiro atoms. The Hall–Kier alpha value is -2.72. The molecule has 0 radical (unpaired) electrons. The molecule has 0 saturated heterocycles. The van der Waals surface area contributed by atoms with Crippen LogP contribution in [0, 0.1) is 37.5 Å². The van der Waals surface area contributed by atoms with Gasteiger partial charge in [0.15, 0.2) is 16.4 Å². The van der Waals surface area contributed by atoms with Crippen molar-refractivity contribution in [2.45, 2.75) is 68.3 Å². The summed E-state index contributed by atoms with van der Waals surface area (Å²) >= 11 is 0. The maximum absolute atomic E-state index is 13.0. The molecular formula is C33H39O3S+. The van der Waals surface area contributed by atoms with Gasteiger partial charge in [0.2, 0.25) is 0 Å². The van der Waals surface area contributed by atoms with Crippen LogP contribution >= 0.6 is 0 Å². The van der Waals surface area contributed by atoms with Crippen molar-refractivity contribution in [1.29, 1.82) is 0 Å². The molecule has 37 heavy (non-hydrogen) atoms. The molecule has 6 rings (SSSR count). The predicted molar refractivity (Wildman–Crippen MR) is 152 cm³/mol. The number of benzene rings is 2. The maximum Gasteiger partial charge on any atom is 0.344 e. The van der Waals surface area contributed by atoms with Crippen LogP contribution in [0.2, 0.25) is 0 Å². The number of esters is 1. The summed E-state index contributed by atoms with van der Waals surface area (Å²) in [6.07, 6.45) is 14.1. The summed E-state index contributed by atoms with van der Waals surface area (Å²) in [6.45, 7) is 10.0. The van der Waals surface area contributed by atoms with Gasteiger partial charge in [-0.05, 0) is 106 Å². The standard InChI is InChI=1S/C33H39O3S/c1-5-6-7-11-14-37(29-12-9-8-10-13-29)30-15-23(2)32(24(3)16-30)35-22-31(34)36-33(4)27-18-25-17-26(20-27)21-28(33)19-25/h5-16,25-28H,1,17-22H2,2-4H3/q+1/b7-6-,14-11+. The van der Waals surface area contributed by atoms with Gasteiger partial charge in [0.1, 0.15) is 16.8 Å². The molecule has 194 valence electrons. The number of ether oxygens (including phenoxy) is 2. The van der Waals surface area contributed by atoms with E-state index in [1.807, 2.05) is 18.2 Å². The molecule has 2 aromatic rings. The summed E-state index contributed by atoms with van der Waals surface area (Å²) in [4.78, 5) is 15.5. The van der Waals surface area contributed by atoms with Gasteiger partial charge in [-0.15, -0.1) is 0 Å². The first-order valence-electron chi connectivity index (χ1n) is 13.6. The highest BCUT2D eigenvalue weighted by Crippen LogP contribution is 2.59. The first kappa shape index (κ1) is 25.9. The number of rotatable bonds is 9. The second-order valence-corrected chi connectivity index (χ2v) is 13.1. The second-order valence-electron chi connectivity index (χ2n) is 11.2. The van der Waals surface area contributed by atoms with Crippen LogP contribution < -0.4 is 4.74 Å². The third-order valence-corrected chi connectivity index (χ3v) is 10.6. The SMILES string of the molecule is C=C/C=C\C=C\[S+](c1ccccc1)c1cc(C)c(OCC(=O)OC2(C)C3CC4CC(C3)CC2C4)c(C)c1. The van der Waals surface area contributed by atoms with E-state index in [9.17, 15) is 4.79 Å². The van der Waals surface area contributed by atoms with Crippen LogP contribution in [0.25, 0.3) is 0 Å². The van der Waals surface area contributed by atoms with E-state index in [-0.39, 0.29) is 29.1 Å². The van der Waals surface area contributed by atoms with Crippen molar-refractivity contribution in [3.05, 3.63) is 89.9 Å². The normalized spacial score (nSPS) is 29.1. The van der Waals surface area contributed by atoms with Gasteiger partial charge in [-0.1, -0.05) is 43.0 Å².